The first-order valence-corrected chi connectivity index (χ1v) is 5.13. The zero-order chi connectivity index (χ0) is 11.9. The minimum absolute atomic E-state index is 0.199. The Morgan fingerprint density at radius 1 is 1.06 bits per heavy atom. The molecule has 2 rings (SSSR count). The van der Waals surface area contributed by atoms with E-state index in [4.69, 9.17) is 9.47 Å². The van der Waals surface area contributed by atoms with Crippen LogP contribution in [0.15, 0.2) is 54.9 Å². The number of nitrogens with zero attached hydrogens (tertiary/aromatic N) is 1. The molecule has 86 valence electrons. The second-order valence-electron chi connectivity index (χ2n) is 3.31. The van der Waals surface area contributed by atoms with Crippen LogP contribution in [0.5, 0.6) is 5.75 Å². The highest BCUT2D eigenvalue weighted by Gasteiger charge is 2.05. The van der Waals surface area contributed by atoms with Crippen molar-refractivity contribution < 1.29 is 14.3 Å². The van der Waals surface area contributed by atoms with E-state index in [1.165, 1.54) is 0 Å². The standard InChI is InChI=1S/C13H11NO3/c15-13(17-12-6-8-14-9-7-12)16-10-11-4-2-1-3-5-11/h1-9H,10H2. The van der Waals surface area contributed by atoms with E-state index in [-0.39, 0.29) is 6.61 Å². The number of ether oxygens (including phenoxy) is 2. The van der Waals surface area contributed by atoms with Crippen molar-refractivity contribution >= 4 is 6.16 Å². The van der Waals surface area contributed by atoms with Gasteiger partial charge in [0.2, 0.25) is 0 Å². The summed E-state index contributed by atoms with van der Waals surface area (Å²) >= 11 is 0. The normalized spacial score (nSPS) is 9.65. The topological polar surface area (TPSA) is 48.4 Å². The third kappa shape index (κ3) is 3.61. The predicted octanol–water partition coefficient (Wildman–Crippen LogP) is 2.80. The molecule has 4 heteroatoms. The van der Waals surface area contributed by atoms with Crippen LogP contribution in [0.1, 0.15) is 5.56 Å². The molecule has 0 radical (unpaired) electrons. The van der Waals surface area contributed by atoms with E-state index < -0.39 is 6.16 Å². The van der Waals surface area contributed by atoms with Gasteiger partial charge in [-0.2, -0.15) is 0 Å². The van der Waals surface area contributed by atoms with E-state index in [9.17, 15) is 4.79 Å². The Hall–Kier alpha value is -2.36. The molecule has 0 aliphatic heterocycles. The lowest BCUT2D eigenvalue weighted by molar-refractivity contribution is 0.0927. The van der Waals surface area contributed by atoms with Crippen LogP contribution in [-0.4, -0.2) is 11.1 Å². The smallest absolute Gasteiger partial charge is 0.429 e. The summed E-state index contributed by atoms with van der Waals surface area (Å²) in [4.78, 5) is 15.1. The number of carbonyl (C=O) groups is 1. The molecule has 0 fully saturated rings. The van der Waals surface area contributed by atoms with Crippen molar-refractivity contribution in [3.05, 3.63) is 60.4 Å². The maximum absolute atomic E-state index is 11.3. The van der Waals surface area contributed by atoms with E-state index >= 15 is 0 Å². The molecule has 0 saturated heterocycles. The number of hydrogen-bond acceptors (Lipinski definition) is 4. The molecule has 0 saturated carbocycles. The maximum atomic E-state index is 11.3. The van der Waals surface area contributed by atoms with Crippen molar-refractivity contribution in [1.29, 1.82) is 0 Å². The summed E-state index contributed by atoms with van der Waals surface area (Å²) in [6, 6.07) is 12.6. The SMILES string of the molecule is O=C(OCc1ccccc1)Oc1ccncc1. The molecule has 0 spiro atoms. The monoisotopic (exact) mass is 229 g/mol. The minimum atomic E-state index is -0.722. The van der Waals surface area contributed by atoms with Crippen molar-refractivity contribution in [1.82, 2.24) is 4.98 Å². The zero-order valence-electron chi connectivity index (χ0n) is 9.08. The van der Waals surface area contributed by atoms with Gasteiger partial charge < -0.3 is 9.47 Å². The molecule has 0 N–H and O–H groups in total. The third-order valence-electron chi connectivity index (χ3n) is 2.05. The highest BCUT2D eigenvalue weighted by molar-refractivity contribution is 5.63. The molecular weight excluding hydrogens is 218 g/mol. The Labute approximate surface area is 98.8 Å². The second kappa shape index (κ2) is 5.65. The number of carbonyl (C=O) groups excluding carboxylic acids is 1. The molecule has 0 amide bonds. The Balaban J connectivity index is 1.83. The van der Waals surface area contributed by atoms with E-state index in [0.717, 1.165) is 5.56 Å². The van der Waals surface area contributed by atoms with Crippen molar-refractivity contribution in [2.75, 3.05) is 0 Å². The van der Waals surface area contributed by atoms with Crippen LogP contribution in [0.4, 0.5) is 4.79 Å². The van der Waals surface area contributed by atoms with Crippen LogP contribution < -0.4 is 4.74 Å². The van der Waals surface area contributed by atoms with Crippen molar-refractivity contribution in [2.24, 2.45) is 0 Å². The average molecular weight is 229 g/mol. The van der Waals surface area contributed by atoms with Crippen LogP contribution in [0.25, 0.3) is 0 Å². The summed E-state index contributed by atoms with van der Waals surface area (Å²) in [5.41, 5.74) is 0.916. The van der Waals surface area contributed by atoms with Gasteiger partial charge in [0.25, 0.3) is 0 Å². The van der Waals surface area contributed by atoms with Gasteiger partial charge in [-0.1, -0.05) is 30.3 Å². The van der Waals surface area contributed by atoms with Crippen molar-refractivity contribution in [2.45, 2.75) is 6.61 Å². The van der Waals surface area contributed by atoms with Crippen LogP contribution in [-0.2, 0) is 11.3 Å². The molecule has 1 heterocycles. The van der Waals surface area contributed by atoms with Gasteiger partial charge in [0.1, 0.15) is 12.4 Å². The molecule has 1 aromatic heterocycles. The maximum Gasteiger partial charge on any atom is 0.514 e. The highest BCUT2D eigenvalue weighted by Crippen LogP contribution is 2.08. The molecule has 2 aromatic rings. The van der Waals surface area contributed by atoms with Gasteiger partial charge in [0.15, 0.2) is 0 Å². The summed E-state index contributed by atoms with van der Waals surface area (Å²) in [5, 5.41) is 0. The Kier molecular flexibility index (Phi) is 3.70. The second-order valence-corrected chi connectivity index (χ2v) is 3.31. The van der Waals surface area contributed by atoms with Crippen LogP contribution in [0.3, 0.4) is 0 Å². The zero-order valence-corrected chi connectivity index (χ0v) is 9.08. The number of aromatic nitrogens is 1. The molecule has 0 unspecified atom stereocenters. The lowest BCUT2D eigenvalue weighted by Gasteiger charge is -2.05. The largest absolute Gasteiger partial charge is 0.514 e. The number of rotatable bonds is 3. The molecule has 1 aromatic carbocycles. The minimum Gasteiger partial charge on any atom is -0.429 e. The summed E-state index contributed by atoms with van der Waals surface area (Å²) in [7, 11) is 0. The molecular formula is C13H11NO3. The Morgan fingerprint density at radius 2 is 1.76 bits per heavy atom. The number of pyridine rings is 1. The van der Waals surface area contributed by atoms with Crippen LogP contribution >= 0.6 is 0 Å². The molecule has 4 nitrogen and oxygen atoms in total. The van der Waals surface area contributed by atoms with Gasteiger partial charge >= 0.3 is 6.16 Å². The van der Waals surface area contributed by atoms with E-state index in [1.807, 2.05) is 30.3 Å². The lowest BCUT2D eigenvalue weighted by Crippen LogP contribution is -2.10. The quantitative estimate of drug-likeness (QED) is 0.759. The van der Waals surface area contributed by atoms with Gasteiger partial charge in [-0.05, 0) is 17.7 Å². The average Bonchev–Trinajstić information content (AvgIpc) is 2.39. The van der Waals surface area contributed by atoms with Gasteiger partial charge in [0.05, 0.1) is 0 Å². The molecule has 0 atom stereocenters. The van der Waals surface area contributed by atoms with Crippen molar-refractivity contribution in [3.63, 3.8) is 0 Å². The van der Waals surface area contributed by atoms with Gasteiger partial charge in [0, 0.05) is 12.4 Å². The number of hydrogen-bond donors (Lipinski definition) is 0. The van der Waals surface area contributed by atoms with Crippen molar-refractivity contribution in [3.8, 4) is 5.75 Å². The lowest BCUT2D eigenvalue weighted by atomic mass is 10.2. The van der Waals surface area contributed by atoms with Gasteiger partial charge in [-0.3, -0.25) is 4.98 Å². The fourth-order valence-electron chi connectivity index (χ4n) is 1.25. The van der Waals surface area contributed by atoms with Gasteiger partial charge in [-0.25, -0.2) is 4.79 Å². The summed E-state index contributed by atoms with van der Waals surface area (Å²) in [6.07, 6.45) is 2.36. The fourth-order valence-corrected chi connectivity index (χ4v) is 1.25. The van der Waals surface area contributed by atoms with Crippen LogP contribution in [0.2, 0.25) is 0 Å². The summed E-state index contributed by atoms with van der Waals surface area (Å²) in [6.45, 7) is 0.199. The molecule has 0 bridgehead atoms. The van der Waals surface area contributed by atoms with E-state index in [1.54, 1.807) is 24.5 Å². The Morgan fingerprint density at radius 3 is 2.47 bits per heavy atom. The first-order valence-electron chi connectivity index (χ1n) is 5.13. The molecule has 0 aliphatic rings. The predicted molar refractivity (Wildman–Crippen MR) is 61.5 cm³/mol. The number of benzene rings is 1. The molecule has 17 heavy (non-hydrogen) atoms. The fraction of sp³-hybridized carbons (Fsp3) is 0.0769. The van der Waals surface area contributed by atoms with E-state index in [0.29, 0.717) is 5.75 Å². The van der Waals surface area contributed by atoms with Crippen LogP contribution in [0, 0.1) is 0 Å². The highest BCUT2D eigenvalue weighted by atomic mass is 16.7. The first kappa shape index (κ1) is 11.1. The third-order valence-corrected chi connectivity index (χ3v) is 2.05. The van der Waals surface area contributed by atoms with Gasteiger partial charge in [-0.15, -0.1) is 0 Å². The first-order chi connectivity index (χ1) is 8.34. The summed E-state index contributed by atoms with van der Waals surface area (Å²) in [5.74, 6) is 0.415. The molecule has 0 aliphatic carbocycles. The Bertz CT molecular complexity index is 471. The summed E-state index contributed by atoms with van der Waals surface area (Å²) < 4.78 is 9.89. The van der Waals surface area contributed by atoms with E-state index in [2.05, 4.69) is 4.98 Å².